The molecule has 2 heterocycles. The zero-order chi connectivity index (χ0) is 21.8. The monoisotopic (exact) mass is 427 g/mol. The third kappa shape index (κ3) is 4.29. The molecule has 0 aliphatic carbocycles. The highest BCUT2D eigenvalue weighted by Crippen LogP contribution is 2.46. The van der Waals surface area contributed by atoms with Crippen molar-refractivity contribution in [2.45, 2.75) is 12.8 Å². The van der Waals surface area contributed by atoms with Crippen LogP contribution in [0.1, 0.15) is 29.5 Å². The van der Waals surface area contributed by atoms with Crippen molar-refractivity contribution in [3.8, 4) is 11.5 Å². The van der Waals surface area contributed by atoms with E-state index in [-0.39, 0.29) is 5.92 Å². The summed E-state index contributed by atoms with van der Waals surface area (Å²) in [6, 6.07) is 27.5. The van der Waals surface area contributed by atoms with Crippen molar-refractivity contribution in [3.05, 3.63) is 101 Å². The van der Waals surface area contributed by atoms with Crippen molar-refractivity contribution in [1.29, 1.82) is 0 Å². The van der Waals surface area contributed by atoms with Crippen LogP contribution in [0.25, 0.3) is 5.76 Å². The van der Waals surface area contributed by atoms with Gasteiger partial charge in [-0.15, -0.1) is 0 Å². The molecule has 5 rings (SSSR count). The first-order chi connectivity index (χ1) is 15.8. The highest BCUT2D eigenvalue weighted by Gasteiger charge is 2.32. The second-order valence-electron chi connectivity index (χ2n) is 8.18. The van der Waals surface area contributed by atoms with E-state index in [9.17, 15) is 0 Å². The predicted molar refractivity (Wildman–Crippen MR) is 127 cm³/mol. The van der Waals surface area contributed by atoms with Crippen LogP contribution in [0.5, 0.6) is 11.5 Å². The van der Waals surface area contributed by atoms with Gasteiger partial charge >= 0.3 is 0 Å². The first kappa shape index (κ1) is 20.8. The number of ether oxygens (including phenoxy) is 3. The summed E-state index contributed by atoms with van der Waals surface area (Å²) >= 11 is 0. The van der Waals surface area contributed by atoms with Crippen molar-refractivity contribution in [2.75, 3.05) is 39.5 Å². The lowest BCUT2D eigenvalue weighted by Gasteiger charge is -2.35. The molecular weight excluding hydrogens is 398 g/mol. The normalized spacial score (nSPS) is 18.7. The van der Waals surface area contributed by atoms with Crippen LogP contribution in [0.4, 0.5) is 0 Å². The lowest BCUT2D eigenvalue weighted by atomic mass is 9.81. The Labute approximate surface area is 190 Å². The lowest BCUT2D eigenvalue weighted by molar-refractivity contribution is 0.0416. The number of fused-ring (bicyclic) bond motifs is 1. The topological polar surface area (TPSA) is 30.9 Å². The van der Waals surface area contributed by atoms with E-state index in [4.69, 9.17) is 14.2 Å². The number of nitrogens with zero attached hydrogens (tertiary/aromatic N) is 1. The van der Waals surface area contributed by atoms with Gasteiger partial charge in [-0.1, -0.05) is 48.5 Å². The molecule has 0 N–H and O–H groups in total. The van der Waals surface area contributed by atoms with Crippen LogP contribution in [0.2, 0.25) is 0 Å². The molecular formula is C28H29NO3. The predicted octanol–water partition coefficient (Wildman–Crippen LogP) is 5.35. The van der Waals surface area contributed by atoms with Crippen LogP contribution >= 0.6 is 0 Å². The van der Waals surface area contributed by atoms with Gasteiger partial charge in [0.1, 0.15) is 17.3 Å². The Hall–Kier alpha value is -3.08. The summed E-state index contributed by atoms with van der Waals surface area (Å²) < 4.78 is 17.9. The minimum absolute atomic E-state index is 0.144. The van der Waals surface area contributed by atoms with E-state index in [0.29, 0.717) is 6.61 Å². The molecule has 32 heavy (non-hydrogen) atoms. The average Bonchev–Trinajstić information content (AvgIpc) is 2.85. The molecule has 4 nitrogen and oxygen atoms in total. The number of benzene rings is 3. The molecule has 1 atom stereocenters. The zero-order valence-electron chi connectivity index (χ0n) is 18.5. The maximum atomic E-state index is 6.60. The summed E-state index contributed by atoms with van der Waals surface area (Å²) in [6.07, 6.45) is 0. The van der Waals surface area contributed by atoms with Gasteiger partial charge in [-0.2, -0.15) is 0 Å². The quantitative estimate of drug-likeness (QED) is 0.530. The van der Waals surface area contributed by atoms with E-state index in [2.05, 4.69) is 65.6 Å². The van der Waals surface area contributed by atoms with E-state index in [1.807, 2.05) is 25.1 Å². The summed E-state index contributed by atoms with van der Waals surface area (Å²) in [5.41, 5.74) is 4.87. The van der Waals surface area contributed by atoms with Crippen molar-refractivity contribution >= 4 is 5.76 Å². The van der Waals surface area contributed by atoms with Crippen LogP contribution in [0, 0.1) is 0 Å². The van der Waals surface area contributed by atoms with Crippen molar-refractivity contribution < 1.29 is 14.2 Å². The first-order valence-corrected chi connectivity index (χ1v) is 11.4. The highest BCUT2D eigenvalue weighted by molar-refractivity contribution is 5.73. The van der Waals surface area contributed by atoms with Gasteiger partial charge < -0.3 is 14.2 Å². The van der Waals surface area contributed by atoms with Crippen LogP contribution < -0.4 is 9.47 Å². The molecule has 3 aromatic carbocycles. The minimum Gasteiger partial charge on any atom is -0.494 e. The Balaban J connectivity index is 1.64. The van der Waals surface area contributed by atoms with Gasteiger partial charge in [0.15, 0.2) is 0 Å². The third-order valence-electron chi connectivity index (χ3n) is 6.14. The molecule has 3 aromatic rings. The molecule has 0 unspecified atom stereocenters. The van der Waals surface area contributed by atoms with Gasteiger partial charge in [0.05, 0.1) is 19.8 Å². The van der Waals surface area contributed by atoms with Gasteiger partial charge in [0.2, 0.25) is 0 Å². The summed E-state index contributed by atoms with van der Waals surface area (Å²) in [5.74, 6) is 2.90. The molecule has 0 bridgehead atoms. The zero-order valence-corrected chi connectivity index (χ0v) is 18.5. The van der Waals surface area contributed by atoms with Crippen molar-refractivity contribution in [1.82, 2.24) is 4.90 Å². The largest absolute Gasteiger partial charge is 0.494 e. The van der Waals surface area contributed by atoms with Gasteiger partial charge in [0.25, 0.3) is 0 Å². The molecule has 1 fully saturated rings. The molecule has 0 amide bonds. The van der Waals surface area contributed by atoms with Crippen LogP contribution in [-0.2, 0) is 4.74 Å². The van der Waals surface area contributed by atoms with Gasteiger partial charge in [-0.3, -0.25) is 4.90 Å². The molecule has 0 radical (unpaired) electrons. The lowest BCUT2D eigenvalue weighted by Crippen LogP contribution is -2.39. The summed E-state index contributed by atoms with van der Waals surface area (Å²) in [4.78, 5) is 2.47. The van der Waals surface area contributed by atoms with Gasteiger partial charge in [-0.05, 0) is 48.4 Å². The number of hydrogen-bond acceptors (Lipinski definition) is 4. The fourth-order valence-corrected chi connectivity index (χ4v) is 4.61. The summed E-state index contributed by atoms with van der Waals surface area (Å²) in [6.45, 7) is 6.93. The maximum Gasteiger partial charge on any atom is 0.136 e. The van der Waals surface area contributed by atoms with Crippen molar-refractivity contribution in [3.63, 3.8) is 0 Å². The Kier molecular flexibility index (Phi) is 6.24. The molecule has 0 saturated carbocycles. The van der Waals surface area contributed by atoms with Crippen LogP contribution in [-0.4, -0.2) is 44.4 Å². The Bertz CT molecular complexity index is 1070. The van der Waals surface area contributed by atoms with E-state index >= 15 is 0 Å². The van der Waals surface area contributed by atoms with Crippen LogP contribution in [0.3, 0.4) is 0 Å². The van der Waals surface area contributed by atoms with E-state index in [1.165, 1.54) is 16.7 Å². The molecule has 0 spiro atoms. The Morgan fingerprint density at radius 3 is 2.34 bits per heavy atom. The number of hydrogen-bond donors (Lipinski definition) is 0. The SMILES string of the molecule is CCOc1ccc(C2=C(CN3CCOCC3)[C@H](c3ccccc3)c3ccccc3O2)cc1. The summed E-state index contributed by atoms with van der Waals surface area (Å²) in [5, 5.41) is 0. The Morgan fingerprint density at radius 2 is 1.59 bits per heavy atom. The minimum atomic E-state index is 0.144. The van der Waals surface area contributed by atoms with Crippen molar-refractivity contribution in [2.24, 2.45) is 0 Å². The molecule has 0 aromatic heterocycles. The number of para-hydroxylation sites is 1. The van der Waals surface area contributed by atoms with Crippen LogP contribution in [0.15, 0.2) is 84.4 Å². The smallest absolute Gasteiger partial charge is 0.136 e. The first-order valence-electron chi connectivity index (χ1n) is 11.4. The van der Waals surface area contributed by atoms with Gasteiger partial charge in [0, 0.05) is 36.7 Å². The second-order valence-corrected chi connectivity index (χ2v) is 8.18. The molecule has 1 saturated heterocycles. The fraction of sp³-hybridized carbons (Fsp3) is 0.286. The average molecular weight is 428 g/mol. The van der Waals surface area contributed by atoms with E-state index in [1.54, 1.807) is 0 Å². The standard InChI is InChI=1S/C28H29NO3/c1-2-31-23-14-12-22(13-15-23)28-25(20-29-16-18-30-19-17-29)27(21-8-4-3-5-9-21)24-10-6-7-11-26(24)32-28/h3-15,27H,2,16-20H2,1H3/t27-/m1/s1. The van der Waals surface area contributed by atoms with E-state index < -0.39 is 0 Å². The number of morpholine rings is 1. The molecule has 4 heteroatoms. The highest BCUT2D eigenvalue weighted by atomic mass is 16.5. The fourth-order valence-electron chi connectivity index (χ4n) is 4.61. The van der Waals surface area contributed by atoms with Gasteiger partial charge in [-0.25, -0.2) is 0 Å². The number of rotatable bonds is 6. The molecule has 2 aliphatic rings. The Morgan fingerprint density at radius 1 is 0.875 bits per heavy atom. The third-order valence-corrected chi connectivity index (χ3v) is 6.14. The maximum absolute atomic E-state index is 6.60. The molecule has 2 aliphatic heterocycles. The summed E-state index contributed by atoms with van der Waals surface area (Å²) in [7, 11) is 0. The van der Waals surface area contributed by atoms with E-state index in [0.717, 1.165) is 55.7 Å². The second kappa shape index (κ2) is 9.60. The molecule has 164 valence electrons.